The zero-order chi connectivity index (χ0) is 14.1. The Bertz CT molecular complexity index is 647. The van der Waals surface area contributed by atoms with Crippen molar-refractivity contribution in [2.45, 2.75) is 12.5 Å². The largest absolute Gasteiger partial charge is 0.384 e. The Morgan fingerprint density at radius 2 is 2.00 bits per heavy atom. The van der Waals surface area contributed by atoms with Crippen molar-refractivity contribution in [3.8, 4) is 0 Å². The van der Waals surface area contributed by atoms with E-state index < -0.39 is 0 Å². The summed E-state index contributed by atoms with van der Waals surface area (Å²) in [5, 5.41) is 9.97. The highest BCUT2D eigenvalue weighted by Crippen LogP contribution is 2.32. The third-order valence-electron chi connectivity index (χ3n) is 4.02. The van der Waals surface area contributed by atoms with Crippen LogP contribution in [0.2, 0.25) is 0 Å². The van der Waals surface area contributed by atoms with Crippen molar-refractivity contribution < 1.29 is 0 Å². The van der Waals surface area contributed by atoms with E-state index in [4.69, 9.17) is 11.1 Å². The van der Waals surface area contributed by atoms with E-state index in [2.05, 4.69) is 24.1 Å². The van der Waals surface area contributed by atoms with Crippen LogP contribution < -0.4 is 10.6 Å². The molecule has 0 bridgehead atoms. The maximum absolute atomic E-state index is 7.72. The van der Waals surface area contributed by atoms with Crippen LogP contribution in [0.1, 0.15) is 12.0 Å². The number of anilines is 1. The Morgan fingerprint density at radius 3 is 2.65 bits per heavy atom. The van der Waals surface area contributed by atoms with Crippen LogP contribution in [0.3, 0.4) is 0 Å². The fourth-order valence-electron chi connectivity index (χ4n) is 2.85. The second-order valence-electron chi connectivity index (χ2n) is 5.22. The molecule has 4 heteroatoms. The summed E-state index contributed by atoms with van der Waals surface area (Å²) in [6.45, 7) is 0. The van der Waals surface area contributed by atoms with Crippen molar-refractivity contribution in [3.63, 3.8) is 0 Å². The van der Waals surface area contributed by atoms with E-state index in [1.165, 1.54) is 29.0 Å². The first-order valence-corrected chi connectivity index (χ1v) is 8.00. The van der Waals surface area contributed by atoms with Gasteiger partial charge in [-0.3, -0.25) is 5.41 Å². The number of benzene rings is 2. The van der Waals surface area contributed by atoms with E-state index in [9.17, 15) is 0 Å². The predicted molar refractivity (Wildman–Crippen MR) is 89.1 cm³/mol. The van der Waals surface area contributed by atoms with Gasteiger partial charge in [0.2, 0.25) is 0 Å². The lowest BCUT2D eigenvalue weighted by atomic mass is 10.0. The highest BCUT2D eigenvalue weighted by Gasteiger charge is 2.22. The van der Waals surface area contributed by atoms with Crippen LogP contribution in [0.5, 0.6) is 0 Å². The lowest BCUT2D eigenvalue weighted by molar-refractivity contribution is 0.702. The maximum Gasteiger partial charge on any atom is 0.123 e. The third kappa shape index (κ3) is 2.24. The summed E-state index contributed by atoms with van der Waals surface area (Å²) in [5.41, 5.74) is 7.75. The fraction of sp³-hybridized carbons (Fsp3) is 0.312. The molecule has 2 aromatic rings. The van der Waals surface area contributed by atoms with Crippen molar-refractivity contribution in [2.75, 3.05) is 23.5 Å². The molecule has 3 nitrogen and oxygen atoms in total. The number of fused-ring (bicyclic) bond motifs is 1. The molecule has 1 aliphatic heterocycles. The van der Waals surface area contributed by atoms with Gasteiger partial charge in [-0.25, -0.2) is 0 Å². The first kappa shape index (κ1) is 13.3. The Kier molecular flexibility index (Phi) is 3.57. The van der Waals surface area contributed by atoms with E-state index in [0.717, 1.165) is 10.9 Å². The summed E-state index contributed by atoms with van der Waals surface area (Å²) in [4.78, 5) is 2.38. The molecule has 1 saturated heterocycles. The minimum atomic E-state index is 0.131. The lowest BCUT2D eigenvalue weighted by Crippen LogP contribution is -2.31. The topological polar surface area (TPSA) is 53.1 Å². The SMILES string of the molecule is CN(c1ccc(C(=N)N)c2ccccc12)C1CCSC1. The second kappa shape index (κ2) is 5.37. The van der Waals surface area contributed by atoms with Crippen LogP contribution in [0.25, 0.3) is 10.8 Å². The molecule has 0 spiro atoms. The molecule has 1 unspecified atom stereocenters. The number of nitrogens with zero attached hydrogens (tertiary/aromatic N) is 1. The first-order chi connectivity index (χ1) is 9.68. The van der Waals surface area contributed by atoms with Gasteiger partial charge in [0.1, 0.15) is 5.84 Å². The van der Waals surface area contributed by atoms with Crippen molar-refractivity contribution in [3.05, 3.63) is 42.0 Å². The molecule has 2 aromatic carbocycles. The van der Waals surface area contributed by atoms with E-state index in [1.54, 1.807) is 0 Å². The molecule has 1 aliphatic rings. The Morgan fingerprint density at radius 1 is 1.25 bits per heavy atom. The zero-order valence-electron chi connectivity index (χ0n) is 11.6. The standard InChI is InChI=1S/C16H19N3S/c1-19(11-8-9-20-10-11)15-7-6-14(16(17)18)12-4-2-3-5-13(12)15/h2-7,11H,8-10H2,1H3,(H3,17,18). The minimum Gasteiger partial charge on any atom is -0.384 e. The summed E-state index contributed by atoms with van der Waals surface area (Å²) < 4.78 is 0. The summed E-state index contributed by atoms with van der Waals surface area (Å²) in [7, 11) is 2.17. The van der Waals surface area contributed by atoms with Gasteiger partial charge in [0.15, 0.2) is 0 Å². The van der Waals surface area contributed by atoms with Gasteiger partial charge in [0.05, 0.1) is 0 Å². The second-order valence-corrected chi connectivity index (χ2v) is 6.37. The molecule has 0 aromatic heterocycles. The van der Waals surface area contributed by atoms with Crippen LogP contribution in [-0.4, -0.2) is 30.4 Å². The molecule has 1 heterocycles. The van der Waals surface area contributed by atoms with Crippen LogP contribution in [0, 0.1) is 5.41 Å². The van der Waals surface area contributed by atoms with Gasteiger partial charge >= 0.3 is 0 Å². The molecule has 1 fully saturated rings. The number of hydrogen-bond donors (Lipinski definition) is 2. The third-order valence-corrected chi connectivity index (χ3v) is 5.17. The quantitative estimate of drug-likeness (QED) is 0.673. The normalized spacial score (nSPS) is 18.4. The number of rotatable bonds is 3. The lowest BCUT2D eigenvalue weighted by Gasteiger charge is -2.27. The van der Waals surface area contributed by atoms with E-state index in [0.29, 0.717) is 6.04 Å². The number of nitrogens with two attached hydrogens (primary N) is 1. The van der Waals surface area contributed by atoms with Crippen LogP contribution in [-0.2, 0) is 0 Å². The van der Waals surface area contributed by atoms with Crippen LogP contribution in [0.4, 0.5) is 5.69 Å². The molecular weight excluding hydrogens is 266 g/mol. The van der Waals surface area contributed by atoms with Gasteiger partial charge in [-0.1, -0.05) is 24.3 Å². The number of amidine groups is 1. The van der Waals surface area contributed by atoms with Gasteiger partial charge in [-0.05, 0) is 29.7 Å². The minimum absolute atomic E-state index is 0.131. The highest BCUT2D eigenvalue weighted by molar-refractivity contribution is 7.99. The summed E-state index contributed by atoms with van der Waals surface area (Å²) in [6, 6.07) is 12.9. The van der Waals surface area contributed by atoms with Gasteiger partial charge < -0.3 is 10.6 Å². The molecule has 104 valence electrons. The van der Waals surface area contributed by atoms with E-state index >= 15 is 0 Å². The Balaban J connectivity index is 2.12. The van der Waals surface area contributed by atoms with Gasteiger partial charge in [0.25, 0.3) is 0 Å². The first-order valence-electron chi connectivity index (χ1n) is 6.85. The van der Waals surface area contributed by atoms with Crippen molar-refractivity contribution in [1.29, 1.82) is 5.41 Å². The average molecular weight is 285 g/mol. The highest BCUT2D eigenvalue weighted by atomic mass is 32.2. The molecular formula is C16H19N3S. The van der Waals surface area contributed by atoms with E-state index in [1.807, 2.05) is 36.0 Å². The average Bonchev–Trinajstić information content (AvgIpc) is 2.99. The van der Waals surface area contributed by atoms with Gasteiger partial charge in [-0.15, -0.1) is 0 Å². The Labute approximate surface area is 123 Å². The molecule has 0 amide bonds. The summed E-state index contributed by atoms with van der Waals surface area (Å²) in [5.74, 6) is 2.57. The summed E-state index contributed by atoms with van der Waals surface area (Å²) >= 11 is 2.02. The van der Waals surface area contributed by atoms with Crippen LogP contribution in [0.15, 0.2) is 36.4 Å². The molecule has 0 saturated carbocycles. The molecule has 0 radical (unpaired) electrons. The summed E-state index contributed by atoms with van der Waals surface area (Å²) in [6.07, 6.45) is 1.24. The molecule has 20 heavy (non-hydrogen) atoms. The maximum atomic E-state index is 7.72. The number of nitrogen functional groups attached to an aromatic ring is 1. The van der Waals surface area contributed by atoms with Gasteiger partial charge in [0, 0.05) is 35.5 Å². The Hall–Kier alpha value is -1.68. The monoisotopic (exact) mass is 285 g/mol. The van der Waals surface area contributed by atoms with Crippen molar-refractivity contribution in [2.24, 2.45) is 5.73 Å². The van der Waals surface area contributed by atoms with Crippen LogP contribution >= 0.6 is 11.8 Å². The number of thioether (sulfide) groups is 1. The molecule has 0 aliphatic carbocycles. The number of nitrogens with one attached hydrogen (secondary N) is 1. The molecule has 3 rings (SSSR count). The predicted octanol–water partition coefficient (Wildman–Crippen LogP) is 3.07. The van der Waals surface area contributed by atoms with Gasteiger partial charge in [-0.2, -0.15) is 11.8 Å². The fourth-order valence-corrected chi connectivity index (χ4v) is 4.12. The molecule has 3 N–H and O–H groups in total. The zero-order valence-corrected chi connectivity index (χ0v) is 12.4. The van der Waals surface area contributed by atoms with Crippen molar-refractivity contribution >= 4 is 34.1 Å². The van der Waals surface area contributed by atoms with E-state index in [-0.39, 0.29) is 5.84 Å². The molecule has 1 atom stereocenters. The smallest absolute Gasteiger partial charge is 0.123 e. The van der Waals surface area contributed by atoms with Crippen molar-refractivity contribution in [1.82, 2.24) is 0 Å². The number of hydrogen-bond acceptors (Lipinski definition) is 3.